The Morgan fingerprint density at radius 1 is 1.12 bits per heavy atom. The molecule has 2 atom stereocenters. The van der Waals surface area contributed by atoms with Crippen molar-refractivity contribution in [2.75, 3.05) is 38.2 Å². The van der Waals surface area contributed by atoms with Crippen molar-refractivity contribution in [2.45, 2.75) is 37.9 Å². The molecule has 0 spiro atoms. The second-order valence-electron chi connectivity index (χ2n) is 6.49. The van der Waals surface area contributed by atoms with E-state index in [0.717, 1.165) is 62.1 Å². The topological polar surface area (TPSA) is 50.8 Å². The van der Waals surface area contributed by atoms with Gasteiger partial charge in [-0.25, -0.2) is 0 Å². The number of ether oxygens (including phenoxy) is 2. The number of anilines is 1. The maximum absolute atomic E-state index is 12.5. The average Bonchev–Trinajstić information content (AvgIpc) is 3.23. The van der Waals surface area contributed by atoms with Crippen molar-refractivity contribution < 1.29 is 14.3 Å². The lowest BCUT2D eigenvalue weighted by Gasteiger charge is -2.27. The van der Waals surface area contributed by atoms with Crippen molar-refractivity contribution in [1.29, 1.82) is 0 Å². The van der Waals surface area contributed by atoms with Crippen molar-refractivity contribution in [3.63, 3.8) is 0 Å². The van der Waals surface area contributed by atoms with E-state index >= 15 is 0 Å². The zero-order valence-corrected chi connectivity index (χ0v) is 15.5. The zero-order chi connectivity index (χ0) is 16.8. The molecule has 0 bridgehead atoms. The van der Waals surface area contributed by atoms with Gasteiger partial charge < -0.3 is 14.8 Å². The van der Waals surface area contributed by atoms with Gasteiger partial charge in [0.25, 0.3) is 0 Å². The van der Waals surface area contributed by atoms with Crippen molar-refractivity contribution >= 4 is 27.5 Å². The monoisotopic (exact) mass is 396 g/mol. The van der Waals surface area contributed by atoms with Crippen LogP contribution in [0.2, 0.25) is 0 Å². The third kappa shape index (κ3) is 5.28. The minimum Gasteiger partial charge on any atom is -0.377 e. The number of amides is 1. The van der Waals surface area contributed by atoms with E-state index in [2.05, 4.69) is 26.1 Å². The number of nitrogens with zero attached hydrogens (tertiary/aromatic N) is 1. The zero-order valence-electron chi connectivity index (χ0n) is 13.9. The highest BCUT2D eigenvalue weighted by Gasteiger charge is 2.25. The summed E-state index contributed by atoms with van der Waals surface area (Å²) < 4.78 is 12.4. The number of nitrogens with one attached hydrogen (secondary N) is 1. The molecule has 1 amide bonds. The molecule has 2 aliphatic heterocycles. The van der Waals surface area contributed by atoms with E-state index in [1.54, 1.807) is 0 Å². The summed E-state index contributed by atoms with van der Waals surface area (Å²) in [6.45, 7) is 3.62. The molecule has 1 aromatic carbocycles. The first-order valence-electron chi connectivity index (χ1n) is 8.70. The van der Waals surface area contributed by atoms with Crippen LogP contribution in [0.3, 0.4) is 0 Å². The molecule has 0 aliphatic carbocycles. The quantitative estimate of drug-likeness (QED) is 0.769. The molecule has 6 heteroatoms. The minimum absolute atomic E-state index is 0.00195. The van der Waals surface area contributed by atoms with Crippen LogP contribution in [0.1, 0.15) is 25.7 Å². The summed E-state index contributed by atoms with van der Waals surface area (Å²) >= 11 is 3.46. The molecule has 0 radical (unpaired) electrons. The number of hydrogen-bond acceptors (Lipinski definition) is 4. The van der Waals surface area contributed by atoms with Crippen LogP contribution in [0.25, 0.3) is 0 Å². The van der Waals surface area contributed by atoms with Gasteiger partial charge in [0.1, 0.15) is 0 Å². The number of rotatable bonds is 7. The molecule has 5 nitrogen and oxygen atoms in total. The smallest absolute Gasteiger partial charge is 0.238 e. The van der Waals surface area contributed by atoms with E-state index in [9.17, 15) is 4.79 Å². The summed E-state index contributed by atoms with van der Waals surface area (Å²) in [4.78, 5) is 14.6. The molecular formula is C18H25BrN2O3. The molecule has 2 heterocycles. The molecule has 1 aromatic rings. The molecular weight excluding hydrogens is 372 g/mol. The van der Waals surface area contributed by atoms with E-state index in [0.29, 0.717) is 6.54 Å². The summed E-state index contributed by atoms with van der Waals surface area (Å²) in [7, 11) is 0. The highest BCUT2D eigenvalue weighted by Crippen LogP contribution is 2.21. The molecule has 24 heavy (non-hydrogen) atoms. The highest BCUT2D eigenvalue weighted by atomic mass is 79.9. The first-order valence-corrected chi connectivity index (χ1v) is 9.50. The Kier molecular flexibility index (Phi) is 6.66. The van der Waals surface area contributed by atoms with Gasteiger partial charge >= 0.3 is 0 Å². The lowest BCUT2D eigenvalue weighted by Crippen LogP contribution is -2.42. The molecule has 2 aliphatic rings. The van der Waals surface area contributed by atoms with Gasteiger partial charge in [0.05, 0.1) is 24.4 Å². The number of carbonyl (C=O) groups excluding carboxylic acids is 1. The second kappa shape index (κ2) is 8.94. The molecule has 1 N–H and O–H groups in total. The molecule has 3 rings (SSSR count). The Morgan fingerprint density at radius 2 is 1.75 bits per heavy atom. The Labute approximate surface area is 151 Å². The van der Waals surface area contributed by atoms with E-state index < -0.39 is 0 Å². The van der Waals surface area contributed by atoms with Crippen LogP contribution in [0, 0.1) is 0 Å². The fraction of sp³-hybridized carbons (Fsp3) is 0.611. The summed E-state index contributed by atoms with van der Waals surface area (Å²) in [5, 5.41) is 2.98. The Bertz CT molecular complexity index is 525. The van der Waals surface area contributed by atoms with E-state index in [1.165, 1.54) is 0 Å². The first-order chi connectivity index (χ1) is 11.7. The maximum atomic E-state index is 12.5. The lowest BCUT2D eigenvalue weighted by atomic mass is 10.2. The summed E-state index contributed by atoms with van der Waals surface area (Å²) in [6.07, 6.45) is 4.86. The van der Waals surface area contributed by atoms with E-state index in [4.69, 9.17) is 9.47 Å². The number of para-hydroxylation sites is 1. The molecule has 0 aromatic heterocycles. The lowest BCUT2D eigenvalue weighted by molar-refractivity contribution is -0.118. The Balaban J connectivity index is 1.56. The number of carbonyl (C=O) groups is 1. The molecule has 2 saturated heterocycles. The number of halogens is 1. The number of hydrogen-bond donors (Lipinski definition) is 1. The maximum Gasteiger partial charge on any atom is 0.238 e. The Hall–Kier alpha value is -0.950. The standard InChI is InChI=1S/C18H25BrN2O3/c19-16-7-1-2-8-17(16)20-18(22)13-21(11-14-5-3-9-23-14)12-15-6-4-10-24-15/h1-2,7-8,14-15H,3-6,9-13H2,(H,20,22)/t14-,15-/m1/s1. The van der Waals surface area contributed by atoms with Crippen LogP contribution in [0.15, 0.2) is 28.7 Å². The Morgan fingerprint density at radius 3 is 2.29 bits per heavy atom. The van der Waals surface area contributed by atoms with Crippen LogP contribution in [-0.4, -0.2) is 55.9 Å². The van der Waals surface area contributed by atoms with Crippen molar-refractivity contribution in [1.82, 2.24) is 4.90 Å². The van der Waals surface area contributed by atoms with Gasteiger partial charge in [-0.05, 0) is 53.7 Å². The SMILES string of the molecule is O=C(CN(C[C@H]1CCCO1)C[C@H]1CCCO1)Nc1ccccc1Br. The first kappa shape index (κ1) is 17.9. The fourth-order valence-corrected chi connectivity index (χ4v) is 3.70. The van der Waals surface area contributed by atoms with Gasteiger partial charge in [0.2, 0.25) is 5.91 Å². The fourth-order valence-electron chi connectivity index (χ4n) is 3.31. The predicted molar refractivity (Wildman–Crippen MR) is 97.2 cm³/mol. The average molecular weight is 397 g/mol. The van der Waals surface area contributed by atoms with Gasteiger partial charge in [-0.2, -0.15) is 0 Å². The molecule has 0 unspecified atom stereocenters. The molecule has 0 saturated carbocycles. The van der Waals surface area contributed by atoms with Crippen molar-refractivity contribution in [2.24, 2.45) is 0 Å². The van der Waals surface area contributed by atoms with Crippen LogP contribution in [0.4, 0.5) is 5.69 Å². The molecule has 2 fully saturated rings. The summed E-state index contributed by atoms with van der Waals surface area (Å²) in [5.74, 6) is -0.00195. The van der Waals surface area contributed by atoms with Crippen molar-refractivity contribution in [3.05, 3.63) is 28.7 Å². The normalized spacial score (nSPS) is 23.8. The number of benzene rings is 1. The third-order valence-electron chi connectivity index (χ3n) is 4.49. The van der Waals surface area contributed by atoms with Crippen molar-refractivity contribution in [3.8, 4) is 0 Å². The van der Waals surface area contributed by atoms with Gasteiger partial charge in [-0.3, -0.25) is 9.69 Å². The summed E-state index contributed by atoms with van der Waals surface area (Å²) in [5.41, 5.74) is 0.802. The van der Waals surface area contributed by atoms with E-state index in [-0.39, 0.29) is 18.1 Å². The van der Waals surface area contributed by atoms with Crippen LogP contribution >= 0.6 is 15.9 Å². The van der Waals surface area contributed by atoms with E-state index in [1.807, 2.05) is 24.3 Å². The highest BCUT2D eigenvalue weighted by molar-refractivity contribution is 9.10. The van der Waals surface area contributed by atoms with Crippen LogP contribution in [0.5, 0.6) is 0 Å². The van der Waals surface area contributed by atoms with Crippen LogP contribution in [-0.2, 0) is 14.3 Å². The summed E-state index contributed by atoms with van der Waals surface area (Å²) in [6, 6.07) is 7.66. The second-order valence-corrected chi connectivity index (χ2v) is 7.35. The van der Waals surface area contributed by atoms with Gasteiger partial charge in [-0.15, -0.1) is 0 Å². The largest absolute Gasteiger partial charge is 0.377 e. The van der Waals surface area contributed by atoms with Gasteiger partial charge in [0, 0.05) is 30.8 Å². The van der Waals surface area contributed by atoms with Gasteiger partial charge in [-0.1, -0.05) is 12.1 Å². The third-order valence-corrected chi connectivity index (χ3v) is 5.18. The predicted octanol–water partition coefficient (Wildman–Crippen LogP) is 3.05. The van der Waals surface area contributed by atoms with Gasteiger partial charge in [0.15, 0.2) is 0 Å². The van der Waals surface area contributed by atoms with Crippen LogP contribution < -0.4 is 5.32 Å². The molecule has 132 valence electrons. The minimum atomic E-state index is -0.00195.